The van der Waals surface area contributed by atoms with Gasteiger partial charge in [0.15, 0.2) is 0 Å². The van der Waals surface area contributed by atoms with Crippen LogP contribution in [0, 0.1) is 5.92 Å². The number of nitrogens with one attached hydrogen (secondary N) is 3. The first-order chi connectivity index (χ1) is 10.7. The molecule has 5 nitrogen and oxygen atoms in total. The van der Waals surface area contributed by atoms with Crippen molar-refractivity contribution < 1.29 is 9.84 Å². The van der Waals surface area contributed by atoms with Crippen LogP contribution in [0.1, 0.15) is 59.8 Å². The largest absolute Gasteiger partial charge is 0.376 e. The van der Waals surface area contributed by atoms with Gasteiger partial charge in [-0.3, -0.25) is 16.2 Å². The number of hydrazine groups is 1. The molecule has 4 unspecified atom stereocenters. The van der Waals surface area contributed by atoms with Crippen molar-refractivity contribution in [1.29, 1.82) is 0 Å². The van der Waals surface area contributed by atoms with Gasteiger partial charge < -0.3 is 9.84 Å². The lowest BCUT2D eigenvalue weighted by Crippen LogP contribution is -2.50. The van der Waals surface area contributed by atoms with Gasteiger partial charge in [-0.15, -0.1) is 0 Å². The van der Waals surface area contributed by atoms with Crippen molar-refractivity contribution in [3.63, 3.8) is 0 Å². The summed E-state index contributed by atoms with van der Waals surface area (Å²) in [5.41, 5.74) is 6.71. The molecule has 4 atom stereocenters. The second-order valence-electron chi connectivity index (χ2n) is 8.22. The molecule has 6 heteroatoms. The Morgan fingerprint density at radius 2 is 1.87 bits per heavy atom. The molecule has 1 heterocycles. The SMILES string of the molecule is CC(OCC1CC(C2CCC(Br)CC2)NN1)C(O)NC(C)(C)C. The van der Waals surface area contributed by atoms with Crippen molar-refractivity contribution in [3.05, 3.63) is 0 Å². The third-order valence-electron chi connectivity index (χ3n) is 4.87. The van der Waals surface area contributed by atoms with Crippen molar-refractivity contribution in [1.82, 2.24) is 16.2 Å². The Kier molecular flexibility index (Phi) is 7.32. The molecule has 0 spiro atoms. The lowest BCUT2D eigenvalue weighted by Gasteiger charge is -2.30. The quantitative estimate of drug-likeness (QED) is 0.413. The van der Waals surface area contributed by atoms with Gasteiger partial charge in [0.05, 0.1) is 12.7 Å². The summed E-state index contributed by atoms with van der Waals surface area (Å²) in [4.78, 5) is 0.713. The van der Waals surface area contributed by atoms with E-state index in [4.69, 9.17) is 4.74 Å². The third-order valence-corrected chi connectivity index (χ3v) is 5.78. The van der Waals surface area contributed by atoms with E-state index >= 15 is 0 Å². The number of alkyl halides is 1. The maximum Gasteiger partial charge on any atom is 0.131 e. The maximum atomic E-state index is 10.1. The average molecular weight is 392 g/mol. The van der Waals surface area contributed by atoms with Crippen molar-refractivity contribution in [3.8, 4) is 0 Å². The molecule has 23 heavy (non-hydrogen) atoms. The molecule has 2 aliphatic rings. The van der Waals surface area contributed by atoms with Gasteiger partial charge in [0.2, 0.25) is 0 Å². The molecule has 1 saturated carbocycles. The van der Waals surface area contributed by atoms with E-state index in [9.17, 15) is 5.11 Å². The molecule has 4 N–H and O–H groups in total. The van der Waals surface area contributed by atoms with E-state index in [0.717, 1.165) is 12.3 Å². The van der Waals surface area contributed by atoms with Gasteiger partial charge in [-0.05, 0) is 65.7 Å². The van der Waals surface area contributed by atoms with Crippen LogP contribution in [0.5, 0.6) is 0 Å². The maximum absolute atomic E-state index is 10.1. The first kappa shape index (κ1) is 19.6. The molecule has 2 fully saturated rings. The van der Waals surface area contributed by atoms with Crippen LogP contribution in [-0.2, 0) is 4.74 Å². The summed E-state index contributed by atoms with van der Waals surface area (Å²) in [6, 6.07) is 0.877. The van der Waals surface area contributed by atoms with Crippen molar-refractivity contribution in [2.24, 2.45) is 5.92 Å². The Morgan fingerprint density at radius 3 is 2.48 bits per heavy atom. The predicted molar refractivity (Wildman–Crippen MR) is 97.4 cm³/mol. The predicted octanol–water partition coefficient (Wildman–Crippen LogP) is 2.29. The first-order valence-electron chi connectivity index (χ1n) is 8.97. The fraction of sp³-hybridized carbons (Fsp3) is 1.00. The monoisotopic (exact) mass is 391 g/mol. The first-order valence-corrected chi connectivity index (χ1v) is 9.88. The Bertz CT molecular complexity index is 356. The van der Waals surface area contributed by atoms with Gasteiger partial charge in [0, 0.05) is 22.4 Å². The summed E-state index contributed by atoms with van der Waals surface area (Å²) in [6.45, 7) is 8.66. The van der Waals surface area contributed by atoms with Gasteiger partial charge >= 0.3 is 0 Å². The lowest BCUT2D eigenvalue weighted by atomic mass is 9.82. The van der Waals surface area contributed by atoms with E-state index in [0.29, 0.717) is 23.5 Å². The van der Waals surface area contributed by atoms with Crippen LogP contribution in [0.15, 0.2) is 0 Å². The summed E-state index contributed by atoms with van der Waals surface area (Å²) in [5.74, 6) is 0.770. The van der Waals surface area contributed by atoms with Crippen LogP contribution in [0.25, 0.3) is 0 Å². The molecule has 0 bridgehead atoms. The van der Waals surface area contributed by atoms with Crippen LogP contribution in [-0.4, -0.2) is 46.5 Å². The summed E-state index contributed by atoms with van der Waals surface area (Å²) in [7, 11) is 0. The second kappa shape index (κ2) is 8.59. The minimum absolute atomic E-state index is 0.121. The minimum Gasteiger partial charge on any atom is -0.376 e. The third kappa shape index (κ3) is 6.59. The van der Waals surface area contributed by atoms with Gasteiger partial charge in [0.1, 0.15) is 6.23 Å². The highest BCUT2D eigenvalue weighted by atomic mass is 79.9. The number of hydrogen-bond acceptors (Lipinski definition) is 5. The van der Waals surface area contributed by atoms with Crippen LogP contribution in [0.4, 0.5) is 0 Å². The fourth-order valence-corrected chi connectivity index (χ4v) is 4.00. The van der Waals surface area contributed by atoms with Gasteiger partial charge in [-0.2, -0.15) is 0 Å². The molecule has 0 aromatic carbocycles. The molecule has 0 amide bonds. The molecule has 0 aromatic rings. The van der Waals surface area contributed by atoms with E-state index < -0.39 is 6.23 Å². The fourth-order valence-electron chi connectivity index (χ4n) is 3.47. The van der Waals surface area contributed by atoms with Crippen molar-refractivity contribution in [2.75, 3.05) is 6.61 Å². The Hall–Kier alpha value is 0.280. The van der Waals surface area contributed by atoms with E-state index in [-0.39, 0.29) is 11.6 Å². The van der Waals surface area contributed by atoms with E-state index in [2.05, 4.69) is 32.1 Å². The molecule has 1 saturated heterocycles. The summed E-state index contributed by atoms with van der Waals surface area (Å²) < 4.78 is 5.86. The molecular weight excluding hydrogens is 358 g/mol. The van der Waals surface area contributed by atoms with Gasteiger partial charge in [0.25, 0.3) is 0 Å². The number of hydrogen-bond donors (Lipinski definition) is 4. The number of aliphatic hydroxyl groups excluding tert-OH is 1. The van der Waals surface area contributed by atoms with E-state index in [1.54, 1.807) is 0 Å². The molecule has 1 aliphatic carbocycles. The molecule has 1 aliphatic heterocycles. The van der Waals surface area contributed by atoms with Crippen molar-refractivity contribution in [2.45, 2.75) is 94.6 Å². The van der Waals surface area contributed by atoms with E-state index in [1.807, 2.05) is 27.7 Å². The Labute approximate surface area is 149 Å². The van der Waals surface area contributed by atoms with Crippen LogP contribution < -0.4 is 16.2 Å². The van der Waals surface area contributed by atoms with Crippen LogP contribution in [0.2, 0.25) is 0 Å². The molecule has 0 radical (unpaired) electrons. The molecule has 0 aromatic heterocycles. The zero-order valence-electron chi connectivity index (χ0n) is 14.9. The zero-order valence-corrected chi connectivity index (χ0v) is 16.5. The standard InChI is InChI=1S/C17H34BrN3O2/c1-11(16(22)19-17(2,3)4)23-10-14-9-15(21-20-14)12-5-7-13(18)8-6-12/h11-16,19-22H,5-10H2,1-4H3. The number of ether oxygens (including phenoxy) is 1. The highest BCUT2D eigenvalue weighted by molar-refractivity contribution is 9.09. The summed E-state index contributed by atoms with van der Waals surface area (Å²) in [5, 5.41) is 13.3. The molecule has 136 valence electrons. The Balaban J connectivity index is 1.67. The zero-order chi connectivity index (χ0) is 17.0. The van der Waals surface area contributed by atoms with E-state index in [1.165, 1.54) is 25.7 Å². The van der Waals surface area contributed by atoms with Crippen LogP contribution >= 0.6 is 15.9 Å². The second-order valence-corrected chi connectivity index (χ2v) is 9.51. The number of aliphatic hydroxyl groups is 1. The van der Waals surface area contributed by atoms with Crippen molar-refractivity contribution >= 4 is 15.9 Å². The Morgan fingerprint density at radius 1 is 1.22 bits per heavy atom. The smallest absolute Gasteiger partial charge is 0.131 e. The normalized spacial score (nSPS) is 35.2. The highest BCUT2D eigenvalue weighted by Gasteiger charge is 2.33. The number of halogens is 1. The summed E-state index contributed by atoms with van der Waals surface area (Å²) in [6.07, 6.45) is 5.40. The van der Waals surface area contributed by atoms with Gasteiger partial charge in [-0.25, -0.2) is 0 Å². The van der Waals surface area contributed by atoms with Gasteiger partial charge in [-0.1, -0.05) is 15.9 Å². The topological polar surface area (TPSA) is 65.5 Å². The highest BCUT2D eigenvalue weighted by Crippen LogP contribution is 2.32. The lowest BCUT2D eigenvalue weighted by molar-refractivity contribution is -0.0562. The number of rotatable bonds is 6. The van der Waals surface area contributed by atoms with Crippen LogP contribution in [0.3, 0.4) is 0 Å². The molecule has 2 rings (SSSR count). The summed E-state index contributed by atoms with van der Waals surface area (Å²) >= 11 is 3.73. The minimum atomic E-state index is -0.644. The average Bonchev–Trinajstić information content (AvgIpc) is 2.92. The molecular formula is C17H34BrN3O2.